The van der Waals surface area contributed by atoms with Gasteiger partial charge in [0.25, 0.3) is 5.91 Å². The highest BCUT2D eigenvalue weighted by molar-refractivity contribution is 6.11. The Bertz CT molecular complexity index is 1350. The molecule has 0 aliphatic rings. The number of anilines is 1. The van der Waals surface area contributed by atoms with E-state index in [1.54, 1.807) is 19.2 Å². The van der Waals surface area contributed by atoms with Gasteiger partial charge in [-0.05, 0) is 60.7 Å². The molecular formula is C26H23N3O3. The van der Waals surface area contributed by atoms with Gasteiger partial charge in [0.15, 0.2) is 5.75 Å². The van der Waals surface area contributed by atoms with Crippen LogP contribution in [0.25, 0.3) is 10.8 Å². The van der Waals surface area contributed by atoms with Crippen molar-refractivity contribution in [3.63, 3.8) is 0 Å². The Labute approximate surface area is 186 Å². The van der Waals surface area contributed by atoms with Gasteiger partial charge in [-0.2, -0.15) is 0 Å². The van der Waals surface area contributed by atoms with Crippen LogP contribution >= 0.6 is 0 Å². The first-order valence-corrected chi connectivity index (χ1v) is 10.2. The van der Waals surface area contributed by atoms with E-state index in [-0.39, 0.29) is 17.0 Å². The molecule has 4 aromatic carbocycles. The van der Waals surface area contributed by atoms with Gasteiger partial charge < -0.3 is 15.2 Å². The lowest BCUT2D eigenvalue weighted by molar-refractivity contribution is 0.102. The van der Waals surface area contributed by atoms with Gasteiger partial charge in [0, 0.05) is 11.1 Å². The summed E-state index contributed by atoms with van der Waals surface area (Å²) in [5.74, 6) is -0.0934. The zero-order valence-electron chi connectivity index (χ0n) is 18.1. The molecule has 2 N–H and O–H groups in total. The standard InChI is InChI=1S/C26H23N3O3/c1-16-7-6-9-19(13-16)27-26(31)21-15-18-8-4-5-10-20(18)24(25(21)30)29-28-22-14-17(2)11-12-23(22)32-3/h4-15,30H,1-3H3,(H,27,31). The fourth-order valence-electron chi connectivity index (χ4n) is 3.50. The number of phenolic OH excluding ortho intramolecular Hbond substituents is 1. The molecule has 160 valence electrons. The van der Waals surface area contributed by atoms with Crippen molar-refractivity contribution >= 4 is 33.7 Å². The molecule has 0 atom stereocenters. The quantitative estimate of drug-likeness (QED) is 0.343. The second-order valence-electron chi connectivity index (χ2n) is 7.54. The van der Waals surface area contributed by atoms with Crippen molar-refractivity contribution in [2.45, 2.75) is 13.8 Å². The fraction of sp³-hybridized carbons (Fsp3) is 0.115. The number of benzene rings is 4. The summed E-state index contributed by atoms with van der Waals surface area (Å²) in [5, 5.41) is 24.0. The number of nitrogens with one attached hydrogen (secondary N) is 1. The Morgan fingerprint density at radius 1 is 0.906 bits per heavy atom. The average Bonchev–Trinajstić information content (AvgIpc) is 2.78. The van der Waals surface area contributed by atoms with Crippen molar-refractivity contribution in [2.75, 3.05) is 12.4 Å². The Hall–Kier alpha value is -4.19. The Balaban J connectivity index is 1.80. The molecule has 0 aliphatic heterocycles. The lowest BCUT2D eigenvalue weighted by atomic mass is 10.0. The molecule has 0 aromatic heterocycles. The second-order valence-corrected chi connectivity index (χ2v) is 7.54. The average molecular weight is 425 g/mol. The van der Waals surface area contributed by atoms with Crippen LogP contribution in [0.2, 0.25) is 0 Å². The Morgan fingerprint density at radius 3 is 2.47 bits per heavy atom. The first-order valence-electron chi connectivity index (χ1n) is 10.2. The predicted octanol–water partition coefficient (Wildman–Crippen LogP) is 6.84. The van der Waals surface area contributed by atoms with Crippen LogP contribution in [0.5, 0.6) is 11.5 Å². The highest BCUT2D eigenvalue weighted by atomic mass is 16.5. The molecule has 0 spiro atoms. The molecule has 32 heavy (non-hydrogen) atoms. The zero-order valence-corrected chi connectivity index (χ0v) is 18.1. The minimum atomic E-state index is -0.427. The first kappa shape index (κ1) is 21.1. The van der Waals surface area contributed by atoms with Crippen LogP contribution in [-0.2, 0) is 0 Å². The molecular weight excluding hydrogens is 402 g/mol. The summed E-state index contributed by atoms with van der Waals surface area (Å²) in [4.78, 5) is 13.0. The van der Waals surface area contributed by atoms with Crippen LogP contribution in [0.1, 0.15) is 21.5 Å². The fourth-order valence-corrected chi connectivity index (χ4v) is 3.50. The summed E-state index contributed by atoms with van der Waals surface area (Å²) in [6.45, 7) is 3.89. The number of aryl methyl sites for hydroxylation is 2. The van der Waals surface area contributed by atoms with Gasteiger partial charge in [-0.25, -0.2) is 0 Å². The normalized spacial score (nSPS) is 11.1. The van der Waals surface area contributed by atoms with E-state index in [1.807, 2.05) is 74.5 Å². The minimum absolute atomic E-state index is 0.121. The van der Waals surface area contributed by atoms with Gasteiger partial charge in [-0.1, -0.05) is 42.5 Å². The topological polar surface area (TPSA) is 83.3 Å². The molecule has 0 bridgehead atoms. The summed E-state index contributed by atoms with van der Waals surface area (Å²) in [5.41, 5.74) is 3.55. The largest absolute Gasteiger partial charge is 0.505 e. The van der Waals surface area contributed by atoms with Crippen molar-refractivity contribution in [1.29, 1.82) is 0 Å². The van der Waals surface area contributed by atoms with Crippen LogP contribution in [0, 0.1) is 13.8 Å². The molecule has 0 saturated carbocycles. The number of hydrogen-bond acceptors (Lipinski definition) is 5. The zero-order chi connectivity index (χ0) is 22.7. The van der Waals surface area contributed by atoms with E-state index in [0.717, 1.165) is 16.5 Å². The van der Waals surface area contributed by atoms with Crippen LogP contribution < -0.4 is 10.1 Å². The number of rotatable bonds is 5. The van der Waals surface area contributed by atoms with Crippen LogP contribution in [0.4, 0.5) is 17.1 Å². The van der Waals surface area contributed by atoms with E-state index in [9.17, 15) is 9.90 Å². The molecule has 6 heteroatoms. The smallest absolute Gasteiger partial charge is 0.259 e. The maximum absolute atomic E-state index is 13.0. The molecule has 6 nitrogen and oxygen atoms in total. The third-order valence-corrected chi connectivity index (χ3v) is 5.11. The van der Waals surface area contributed by atoms with Gasteiger partial charge in [0.2, 0.25) is 0 Å². The maximum Gasteiger partial charge on any atom is 0.259 e. The minimum Gasteiger partial charge on any atom is -0.505 e. The van der Waals surface area contributed by atoms with E-state index in [0.29, 0.717) is 22.5 Å². The van der Waals surface area contributed by atoms with Gasteiger partial charge >= 0.3 is 0 Å². The van der Waals surface area contributed by atoms with E-state index >= 15 is 0 Å². The summed E-state index contributed by atoms with van der Waals surface area (Å²) >= 11 is 0. The Kier molecular flexibility index (Phi) is 5.85. The van der Waals surface area contributed by atoms with E-state index < -0.39 is 5.91 Å². The monoisotopic (exact) mass is 425 g/mol. The number of nitrogens with zero attached hydrogens (tertiary/aromatic N) is 2. The summed E-state index contributed by atoms with van der Waals surface area (Å²) < 4.78 is 5.36. The van der Waals surface area contributed by atoms with Crippen molar-refractivity contribution in [3.8, 4) is 11.5 Å². The van der Waals surface area contributed by atoms with Gasteiger partial charge in [-0.3, -0.25) is 4.79 Å². The summed E-state index contributed by atoms with van der Waals surface area (Å²) in [6.07, 6.45) is 0. The number of ether oxygens (including phenoxy) is 1. The molecule has 0 radical (unpaired) electrons. The summed E-state index contributed by atoms with van der Waals surface area (Å²) in [6, 6.07) is 22.1. The molecule has 4 rings (SSSR count). The van der Waals surface area contributed by atoms with Crippen LogP contribution in [-0.4, -0.2) is 18.1 Å². The number of hydrogen-bond donors (Lipinski definition) is 2. The number of azo groups is 1. The number of aromatic hydroxyl groups is 1. The predicted molar refractivity (Wildman–Crippen MR) is 127 cm³/mol. The molecule has 0 fully saturated rings. The number of carbonyl (C=O) groups excluding carboxylic acids is 1. The second kappa shape index (κ2) is 8.89. The maximum atomic E-state index is 13.0. The van der Waals surface area contributed by atoms with Crippen molar-refractivity contribution in [2.24, 2.45) is 10.2 Å². The third kappa shape index (κ3) is 4.30. The highest BCUT2D eigenvalue weighted by Crippen LogP contribution is 2.40. The molecule has 0 unspecified atom stereocenters. The lowest BCUT2D eigenvalue weighted by Crippen LogP contribution is -2.12. The van der Waals surface area contributed by atoms with Gasteiger partial charge in [-0.15, -0.1) is 10.2 Å². The van der Waals surface area contributed by atoms with Gasteiger partial charge in [0.05, 0.1) is 12.7 Å². The SMILES string of the molecule is COc1ccc(C)cc1N=Nc1c(O)c(C(=O)Nc2cccc(C)c2)cc2ccccc12. The number of phenols is 1. The molecule has 4 aromatic rings. The third-order valence-electron chi connectivity index (χ3n) is 5.11. The molecule has 0 aliphatic carbocycles. The Morgan fingerprint density at radius 2 is 1.69 bits per heavy atom. The van der Waals surface area contributed by atoms with Crippen molar-refractivity contribution < 1.29 is 14.6 Å². The van der Waals surface area contributed by atoms with Crippen LogP contribution in [0.3, 0.4) is 0 Å². The van der Waals surface area contributed by atoms with E-state index in [2.05, 4.69) is 15.5 Å². The first-order chi connectivity index (χ1) is 15.5. The van der Waals surface area contributed by atoms with Crippen LogP contribution in [0.15, 0.2) is 83.0 Å². The summed E-state index contributed by atoms with van der Waals surface area (Å²) in [7, 11) is 1.56. The van der Waals surface area contributed by atoms with E-state index in [4.69, 9.17) is 4.74 Å². The van der Waals surface area contributed by atoms with E-state index in [1.165, 1.54) is 0 Å². The highest BCUT2D eigenvalue weighted by Gasteiger charge is 2.19. The number of fused-ring (bicyclic) bond motifs is 1. The van der Waals surface area contributed by atoms with Crippen molar-refractivity contribution in [1.82, 2.24) is 0 Å². The molecule has 0 heterocycles. The lowest BCUT2D eigenvalue weighted by Gasteiger charge is -2.12. The molecule has 0 saturated heterocycles. The van der Waals surface area contributed by atoms with Gasteiger partial charge in [0.1, 0.15) is 17.1 Å². The number of amides is 1. The number of carbonyl (C=O) groups is 1. The number of methoxy groups -OCH3 is 1. The molecule has 1 amide bonds. The van der Waals surface area contributed by atoms with Crippen molar-refractivity contribution in [3.05, 3.63) is 89.5 Å².